The predicted molar refractivity (Wildman–Crippen MR) is 190 cm³/mol. The Bertz CT molecular complexity index is 1540. The smallest absolute Gasteiger partial charge is 0.326 e. The number of H-pyrrole nitrogens is 1. The number of aliphatic carboxylic acids is 1. The van der Waals surface area contributed by atoms with Crippen LogP contribution in [0.2, 0.25) is 0 Å². The van der Waals surface area contributed by atoms with E-state index in [2.05, 4.69) is 51.8 Å². The maximum atomic E-state index is 13.6. The molecule has 50 heavy (non-hydrogen) atoms. The Hall–Kier alpha value is -4.68. The maximum Gasteiger partial charge on any atom is 0.326 e. The number of aryl methyl sites for hydroxylation is 1. The lowest BCUT2D eigenvalue weighted by Gasteiger charge is -2.25. The molecule has 5 atom stereocenters. The number of ketones is 2. The van der Waals surface area contributed by atoms with E-state index in [0.717, 1.165) is 30.4 Å². The molecule has 2 aromatic carbocycles. The van der Waals surface area contributed by atoms with Crippen LogP contribution in [0.5, 0.6) is 0 Å². The third kappa shape index (κ3) is 12.3. The fourth-order valence-electron chi connectivity index (χ4n) is 5.68. The van der Waals surface area contributed by atoms with Gasteiger partial charge in [-0.1, -0.05) is 68.8 Å². The lowest BCUT2D eigenvalue weighted by atomic mass is 9.91. The molecule has 0 saturated carbocycles. The number of aromatic amines is 1. The van der Waals surface area contributed by atoms with Gasteiger partial charge in [0.2, 0.25) is 11.8 Å². The monoisotopic (exact) mass is 689 g/mol. The molecule has 0 aliphatic carbocycles. The number of aliphatic hydroxyl groups excluding tert-OH is 1. The van der Waals surface area contributed by atoms with E-state index in [4.69, 9.17) is 5.73 Å². The molecule has 0 aliphatic rings. The molecule has 0 saturated heterocycles. The van der Waals surface area contributed by atoms with Gasteiger partial charge in [0.25, 0.3) is 0 Å². The van der Waals surface area contributed by atoms with Gasteiger partial charge in [-0.2, -0.15) is 0 Å². The van der Waals surface area contributed by atoms with Crippen LogP contribution in [0.1, 0.15) is 87.3 Å². The van der Waals surface area contributed by atoms with Gasteiger partial charge < -0.3 is 31.6 Å². The zero-order chi connectivity index (χ0) is 36.6. The number of imidazole rings is 1. The van der Waals surface area contributed by atoms with Crippen LogP contribution in [0.3, 0.4) is 0 Å². The van der Waals surface area contributed by atoms with Crippen LogP contribution in [0.4, 0.5) is 0 Å². The highest BCUT2D eigenvalue weighted by molar-refractivity contribution is 6.00. The zero-order valence-corrected chi connectivity index (χ0v) is 29.2. The van der Waals surface area contributed by atoms with Crippen molar-refractivity contribution in [2.45, 2.75) is 96.7 Å². The first-order valence-electron chi connectivity index (χ1n) is 17.4. The van der Waals surface area contributed by atoms with Crippen molar-refractivity contribution in [3.8, 4) is 11.1 Å². The number of rotatable bonds is 22. The predicted octanol–water partition coefficient (Wildman–Crippen LogP) is 4.01. The lowest BCUT2D eigenvalue weighted by Crippen LogP contribution is -2.51. The summed E-state index contributed by atoms with van der Waals surface area (Å²) in [4.78, 5) is 71.7. The number of hydrogen-bond acceptors (Lipinski definition) is 8. The standard InChI is InChI=1S/C38H51N5O7/c1-4-5-8-26-10-12-27(13-11-26)28-14-16-29(17-15-28)33(45)21-30(20-31-22-40-23-41-31)37(48)43-35(25(3)44)34(46)19-24(2)36(47)42-32(38(49)50)9-6-7-18-39/h10-17,22-25,30,32,35,44H,4-9,18-21,39H2,1-3H3,(H,40,41)(H,42,47)(H,43,48)(H,49,50)/t24-,25-,30-,32+,35+/m1/s1. The lowest BCUT2D eigenvalue weighted by molar-refractivity contribution is -0.143. The van der Waals surface area contributed by atoms with E-state index < -0.39 is 53.6 Å². The summed E-state index contributed by atoms with van der Waals surface area (Å²) in [7, 11) is 0. The normalized spacial score (nSPS) is 14.2. The molecule has 270 valence electrons. The van der Waals surface area contributed by atoms with Gasteiger partial charge in [-0.25, -0.2) is 9.78 Å². The highest BCUT2D eigenvalue weighted by atomic mass is 16.4. The highest BCUT2D eigenvalue weighted by Gasteiger charge is 2.33. The van der Waals surface area contributed by atoms with Crippen molar-refractivity contribution in [3.63, 3.8) is 0 Å². The molecule has 3 aromatic rings. The van der Waals surface area contributed by atoms with Crippen molar-refractivity contribution in [1.29, 1.82) is 0 Å². The summed E-state index contributed by atoms with van der Waals surface area (Å²) in [6, 6.07) is 13.1. The fourth-order valence-corrected chi connectivity index (χ4v) is 5.68. The van der Waals surface area contributed by atoms with Crippen LogP contribution >= 0.6 is 0 Å². The first-order chi connectivity index (χ1) is 23.9. The van der Waals surface area contributed by atoms with Crippen molar-refractivity contribution < 1.29 is 34.2 Å². The molecule has 7 N–H and O–H groups in total. The Balaban J connectivity index is 1.68. The number of Topliss-reactive ketones (excluding diaryl/α,β-unsaturated/α-hetero) is 2. The molecular weight excluding hydrogens is 638 g/mol. The molecule has 0 bridgehead atoms. The van der Waals surface area contributed by atoms with E-state index >= 15 is 0 Å². The van der Waals surface area contributed by atoms with Gasteiger partial charge in [0.15, 0.2) is 11.6 Å². The first kappa shape index (κ1) is 39.8. The summed E-state index contributed by atoms with van der Waals surface area (Å²) >= 11 is 0. The molecule has 3 rings (SSSR count). The van der Waals surface area contributed by atoms with Crippen LogP contribution < -0.4 is 16.4 Å². The number of unbranched alkanes of at least 4 members (excludes halogenated alkanes) is 2. The maximum absolute atomic E-state index is 13.6. The van der Waals surface area contributed by atoms with Gasteiger partial charge in [0.05, 0.1) is 18.3 Å². The average molecular weight is 690 g/mol. The summed E-state index contributed by atoms with van der Waals surface area (Å²) in [5, 5.41) is 25.0. The summed E-state index contributed by atoms with van der Waals surface area (Å²) < 4.78 is 0. The number of nitrogens with one attached hydrogen (secondary N) is 3. The zero-order valence-electron chi connectivity index (χ0n) is 29.2. The van der Waals surface area contributed by atoms with Crippen molar-refractivity contribution in [2.24, 2.45) is 17.6 Å². The number of aliphatic hydroxyl groups is 1. The number of amides is 2. The second kappa shape index (κ2) is 20.1. The molecule has 2 amide bonds. The largest absolute Gasteiger partial charge is 0.480 e. The van der Waals surface area contributed by atoms with E-state index in [-0.39, 0.29) is 31.5 Å². The number of nitrogens with zero attached hydrogens (tertiary/aromatic N) is 1. The van der Waals surface area contributed by atoms with Crippen molar-refractivity contribution in [2.75, 3.05) is 6.54 Å². The minimum Gasteiger partial charge on any atom is -0.480 e. The summed E-state index contributed by atoms with van der Waals surface area (Å²) in [6.07, 6.45) is 5.92. The van der Waals surface area contributed by atoms with Crippen LogP contribution in [-0.2, 0) is 32.0 Å². The number of benzene rings is 2. The minimum absolute atomic E-state index is 0.125. The van der Waals surface area contributed by atoms with Gasteiger partial charge in [-0.3, -0.25) is 19.2 Å². The Morgan fingerprint density at radius 1 is 0.880 bits per heavy atom. The van der Waals surface area contributed by atoms with Crippen LogP contribution in [0.25, 0.3) is 11.1 Å². The van der Waals surface area contributed by atoms with Gasteiger partial charge in [-0.15, -0.1) is 0 Å². The SMILES string of the molecule is CCCCc1ccc(-c2ccc(C(=O)C[C@@H](Cc3cnc[nH]3)C(=O)N[C@H](C(=O)C[C@@H](C)C(=O)N[C@@H](CCCCN)C(=O)O)[C@@H](C)O)cc2)cc1. The molecule has 12 heteroatoms. The molecule has 0 spiro atoms. The van der Waals surface area contributed by atoms with Gasteiger partial charge in [0, 0.05) is 42.6 Å². The second-order valence-electron chi connectivity index (χ2n) is 13.0. The fraction of sp³-hybridized carbons (Fsp3) is 0.474. The minimum atomic E-state index is -1.36. The van der Waals surface area contributed by atoms with E-state index in [1.165, 1.54) is 25.7 Å². The van der Waals surface area contributed by atoms with Crippen molar-refractivity contribution >= 4 is 29.4 Å². The molecule has 0 unspecified atom stereocenters. The average Bonchev–Trinajstić information content (AvgIpc) is 3.62. The van der Waals surface area contributed by atoms with Gasteiger partial charge >= 0.3 is 5.97 Å². The van der Waals surface area contributed by atoms with Crippen molar-refractivity contribution in [3.05, 3.63) is 77.9 Å². The van der Waals surface area contributed by atoms with Gasteiger partial charge in [-0.05, 0) is 62.3 Å². The third-order valence-corrected chi connectivity index (χ3v) is 8.78. The van der Waals surface area contributed by atoms with Crippen molar-refractivity contribution in [1.82, 2.24) is 20.6 Å². The quantitative estimate of drug-likeness (QED) is 0.0665. The van der Waals surface area contributed by atoms with E-state index in [1.54, 1.807) is 18.3 Å². The topological polar surface area (TPSA) is 205 Å². The Morgan fingerprint density at radius 2 is 1.54 bits per heavy atom. The number of carboxylic acid groups (broad SMARTS) is 1. The van der Waals surface area contributed by atoms with E-state index in [1.807, 2.05) is 12.1 Å². The highest BCUT2D eigenvalue weighted by Crippen LogP contribution is 2.23. The number of hydrogen-bond donors (Lipinski definition) is 6. The van der Waals surface area contributed by atoms with E-state index in [9.17, 15) is 34.2 Å². The van der Waals surface area contributed by atoms with Crippen LogP contribution in [0, 0.1) is 11.8 Å². The van der Waals surface area contributed by atoms with Gasteiger partial charge in [0.1, 0.15) is 12.1 Å². The molecular formula is C38H51N5O7. The Labute approximate surface area is 293 Å². The number of nitrogens with two attached hydrogens (primary N) is 1. The molecule has 0 radical (unpaired) electrons. The number of carboxylic acids is 1. The molecule has 12 nitrogen and oxygen atoms in total. The third-order valence-electron chi connectivity index (χ3n) is 8.78. The first-order valence-corrected chi connectivity index (χ1v) is 17.4. The molecule has 0 fully saturated rings. The van der Waals surface area contributed by atoms with Crippen LogP contribution in [0.15, 0.2) is 61.1 Å². The summed E-state index contributed by atoms with van der Waals surface area (Å²) in [5.41, 5.74) is 9.79. The Kier molecular flexibility index (Phi) is 16.0. The summed E-state index contributed by atoms with van der Waals surface area (Å²) in [5.74, 6) is -5.15. The number of carbonyl (C=O) groups excluding carboxylic acids is 4. The van der Waals surface area contributed by atoms with Crippen LogP contribution in [-0.4, -0.2) is 74.3 Å². The summed E-state index contributed by atoms with van der Waals surface area (Å²) in [6.45, 7) is 5.38. The molecule has 1 heterocycles. The van der Waals surface area contributed by atoms with E-state index in [0.29, 0.717) is 30.6 Å². The number of aromatic nitrogens is 2. The Morgan fingerprint density at radius 3 is 2.10 bits per heavy atom. The molecule has 1 aromatic heterocycles. The second-order valence-corrected chi connectivity index (χ2v) is 13.0. The molecule has 0 aliphatic heterocycles. The number of carbonyl (C=O) groups is 5.